The normalized spacial score (nSPS) is 16.3. The van der Waals surface area contributed by atoms with Crippen molar-refractivity contribution >= 4 is 17.9 Å². The molecule has 5 rings (SSSR count). The Balaban J connectivity index is 1.41. The van der Waals surface area contributed by atoms with E-state index in [4.69, 9.17) is 28.4 Å². The minimum absolute atomic E-state index is 0.00317. The van der Waals surface area contributed by atoms with Gasteiger partial charge in [-0.3, -0.25) is 4.79 Å². The quantitative estimate of drug-likeness (QED) is 0.147. The summed E-state index contributed by atoms with van der Waals surface area (Å²) in [5.41, 5.74) is 5.09. The van der Waals surface area contributed by atoms with Gasteiger partial charge in [0.1, 0.15) is 13.2 Å². The van der Waals surface area contributed by atoms with E-state index in [0.717, 1.165) is 34.2 Å². The zero-order valence-corrected chi connectivity index (χ0v) is 27.0. The summed E-state index contributed by atoms with van der Waals surface area (Å²) in [5.74, 6) is 3.23. The van der Waals surface area contributed by atoms with E-state index in [1.54, 1.807) is 28.4 Å². The minimum Gasteiger partial charge on any atom is -0.493 e. The Labute approximate surface area is 271 Å². The first kappa shape index (κ1) is 32.2. The SMILES string of the molecule is COc1cc(/C=C2\CCC(C)/C(=C\c3cc(OC)c(OCc4ccccc4)c(OC)c3)C2=O)cc(OC)c1OCc1ccccc1. The summed E-state index contributed by atoms with van der Waals surface area (Å²) in [6, 6.07) is 27.3. The van der Waals surface area contributed by atoms with E-state index >= 15 is 0 Å². The van der Waals surface area contributed by atoms with Crippen LogP contribution in [-0.2, 0) is 18.0 Å². The fraction of sp³-hybridized carbons (Fsp3) is 0.256. The minimum atomic E-state index is 0.00317. The molecule has 0 N–H and O–H groups in total. The summed E-state index contributed by atoms with van der Waals surface area (Å²) in [6.07, 6.45) is 5.33. The molecular formula is C39H40O7. The lowest BCUT2D eigenvalue weighted by molar-refractivity contribution is -0.113. The number of hydrogen-bond acceptors (Lipinski definition) is 7. The molecule has 238 valence electrons. The highest BCUT2D eigenvalue weighted by atomic mass is 16.5. The maximum absolute atomic E-state index is 13.9. The van der Waals surface area contributed by atoms with E-state index in [0.29, 0.717) is 59.7 Å². The second-order valence-corrected chi connectivity index (χ2v) is 11.1. The molecule has 0 aliphatic heterocycles. The maximum atomic E-state index is 13.9. The number of rotatable bonds is 12. The monoisotopic (exact) mass is 620 g/mol. The Morgan fingerprint density at radius 3 is 1.46 bits per heavy atom. The molecule has 0 bridgehead atoms. The van der Waals surface area contributed by atoms with E-state index < -0.39 is 0 Å². The van der Waals surface area contributed by atoms with Crippen molar-refractivity contribution in [3.63, 3.8) is 0 Å². The van der Waals surface area contributed by atoms with E-state index in [-0.39, 0.29) is 11.7 Å². The predicted molar refractivity (Wildman–Crippen MR) is 180 cm³/mol. The molecular weight excluding hydrogens is 580 g/mol. The topological polar surface area (TPSA) is 72.5 Å². The number of hydrogen-bond donors (Lipinski definition) is 0. The van der Waals surface area contributed by atoms with Gasteiger partial charge in [-0.1, -0.05) is 67.6 Å². The Morgan fingerprint density at radius 2 is 1.04 bits per heavy atom. The molecule has 1 unspecified atom stereocenters. The average Bonchev–Trinajstić information content (AvgIpc) is 3.10. The van der Waals surface area contributed by atoms with Gasteiger partial charge in [0.05, 0.1) is 28.4 Å². The second kappa shape index (κ2) is 15.2. The van der Waals surface area contributed by atoms with Crippen LogP contribution in [-0.4, -0.2) is 34.2 Å². The maximum Gasteiger partial charge on any atom is 0.203 e. The number of carbonyl (C=O) groups excluding carboxylic acids is 1. The number of ether oxygens (including phenoxy) is 6. The Bertz CT molecular complexity index is 1660. The Morgan fingerprint density at radius 1 is 0.630 bits per heavy atom. The van der Waals surface area contributed by atoms with Gasteiger partial charge in [0, 0.05) is 11.1 Å². The van der Waals surface area contributed by atoms with E-state index in [1.165, 1.54) is 0 Å². The summed E-state index contributed by atoms with van der Waals surface area (Å²) in [5, 5.41) is 0. The number of Topliss-reactive ketones (excluding diaryl/α,β-unsaturated/α-hetero) is 1. The fourth-order valence-electron chi connectivity index (χ4n) is 5.49. The molecule has 0 saturated heterocycles. The van der Waals surface area contributed by atoms with Crippen molar-refractivity contribution in [2.24, 2.45) is 5.92 Å². The highest BCUT2D eigenvalue weighted by Gasteiger charge is 2.27. The van der Waals surface area contributed by atoms with Crippen molar-refractivity contribution in [3.05, 3.63) is 118 Å². The summed E-state index contributed by atoms with van der Waals surface area (Å²) in [6.45, 7) is 2.82. The summed E-state index contributed by atoms with van der Waals surface area (Å²) in [7, 11) is 6.37. The van der Waals surface area contributed by atoms with Crippen LogP contribution in [0.15, 0.2) is 96.1 Å². The first-order chi connectivity index (χ1) is 22.4. The van der Waals surface area contributed by atoms with Gasteiger partial charge in [-0.2, -0.15) is 0 Å². The number of carbonyl (C=O) groups is 1. The molecule has 1 aliphatic carbocycles. The van der Waals surface area contributed by atoms with Crippen LogP contribution in [0.5, 0.6) is 34.5 Å². The van der Waals surface area contributed by atoms with Gasteiger partial charge >= 0.3 is 0 Å². The van der Waals surface area contributed by atoms with Gasteiger partial charge in [0.2, 0.25) is 11.5 Å². The standard InChI is InChI=1S/C39H40O7/c1-26-16-17-31(18-29-20-33(41-2)38(34(21-29)42-3)45-24-27-12-8-6-9-13-27)37(40)32(26)19-30-22-35(43-4)39(36(23-30)44-5)46-25-28-14-10-7-11-15-28/h6-15,18-23,26H,16-17,24-25H2,1-5H3/b31-18+,32-19+. The molecule has 4 aromatic carbocycles. The molecule has 0 radical (unpaired) electrons. The van der Waals surface area contributed by atoms with Crippen LogP contribution in [0, 0.1) is 5.92 Å². The molecule has 1 atom stereocenters. The zero-order valence-electron chi connectivity index (χ0n) is 27.0. The van der Waals surface area contributed by atoms with E-state index in [9.17, 15) is 4.79 Å². The number of methoxy groups -OCH3 is 4. The van der Waals surface area contributed by atoms with Gasteiger partial charge in [-0.05, 0) is 77.4 Å². The van der Waals surface area contributed by atoms with Crippen LogP contribution in [0.2, 0.25) is 0 Å². The van der Waals surface area contributed by atoms with Crippen molar-refractivity contribution in [3.8, 4) is 34.5 Å². The van der Waals surface area contributed by atoms with Gasteiger partial charge in [0.25, 0.3) is 0 Å². The van der Waals surface area contributed by atoms with Crippen LogP contribution in [0.25, 0.3) is 12.2 Å². The van der Waals surface area contributed by atoms with Crippen LogP contribution in [0.4, 0.5) is 0 Å². The van der Waals surface area contributed by atoms with Crippen molar-refractivity contribution in [2.45, 2.75) is 33.0 Å². The van der Waals surface area contributed by atoms with Gasteiger partial charge in [-0.15, -0.1) is 0 Å². The smallest absolute Gasteiger partial charge is 0.203 e. The lowest BCUT2D eigenvalue weighted by atomic mass is 9.80. The summed E-state index contributed by atoms with van der Waals surface area (Å²) in [4.78, 5) is 13.9. The highest BCUT2D eigenvalue weighted by Crippen LogP contribution is 2.42. The number of allylic oxidation sites excluding steroid dienone is 2. The lowest BCUT2D eigenvalue weighted by Crippen LogP contribution is -2.19. The molecule has 7 heteroatoms. The third-order valence-corrected chi connectivity index (χ3v) is 8.01. The Hall–Kier alpha value is -5.17. The lowest BCUT2D eigenvalue weighted by Gasteiger charge is -2.24. The number of benzene rings is 4. The van der Waals surface area contributed by atoms with Crippen LogP contribution in [0.3, 0.4) is 0 Å². The molecule has 0 amide bonds. The first-order valence-corrected chi connectivity index (χ1v) is 15.3. The molecule has 46 heavy (non-hydrogen) atoms. The van der Waals surface area contributed by atoms with Crippen molar-refractivity contribution < 1.29 is 33.2 Å². The second-order valence-electron chi connectivity index (χ2n) is 11.1. The predicted octanol–water partition coefficient (Wildman–Crippen LogP) is 8.35. The van der Waals surface area contributed by atoms with Crippen molar-refractivity contribution in [1.82, 2.24) is 0 Å². The Kier molecular flexibility index (Phi) is 10.7. The zero-order chi connectivity index (χ0) is 32.5. The van der Waals surface area contributed by atoms with E-state index in [1.807, 2.05) is 97.1 Å². The van der Waals surface area contributed by atoms with Crippen LogP contribution in [0.1, 0.15) is 42.0 Å². The van der Waals surface area contributed by atoms with Gasteiger partial charge < -0.3 is 28.4 Å². The van der Waals surface area contributed by atoms with Crippen LogP contribution >= 0.6 is 0 Å². The molecule has 0 spiro atoms. The molecule has 1 fully saturated rings. The molecule has 4 aromatic rings. The van der Waals surface area contributed by atoms with Gasteiger partial charge in [-0.25, -0.2) is 0 Å². The van der Waals surface area contributed by atoms with Crippen molar-refractivity contribution in [2.75, 3.05) is 28.4 Å². The largest absolute Gasteiger partial charge is 0.493 e. The molecule has 0 aromatic heterocycles. The molecule has 1 aliphatic rings. The molecule has 7 nitrogen and oxygen atoms in total. The number of ketones is 1. The molecule has 0 heterocycles. The highest BCUT2D eigenvalue weighted by molar-refractivity contribution is 6.14. The van der Waals surface area contributed by atoms with Crippen LogP contribution < -0.4 is 28.4 Å². The van der Waals surface area contributed by atoms with E-state index in [2.05, 4.69) is 6.92 Å². The third-order valence-electron chi connectivity index (χ3n) is 8.01. The summed E-state index contributed by atoms with van der Waals surface area (Å²) < 4.78 is 35.0. The average molecular weight is 621 g/mol. The summed E-state index contributed by atoms with van der Waals surface area (Å²) >= 11 is 0. The third kappa shape index (κ3) is 7.54. The van der Waals surface area contributed by atoms with Gasteiger partial charge in [0.15, 0.2) is 28.8 Å². The van der Waals surface area contributed by atoms with Crippen molar-refractivity contribution in [1.29, 1.82) is 0 Å². The fourth-order valence-corrected chi connectivity index (χ4v) is 5.49. The molecule has 1 saturated carbocycles. The first-order valence-electron chi connectivity index (χ1n) is 15.3.